The van der Waals surface area contributed by atoms with Crippen LogP contribution >= 0.6 is 0 Å². The average Bonchev–Trinajstić information content (AvgIpc) is 2.99. The van der Waals surface area contributed by atoms with E-state index in [0.29, 0.717) is 0 Å². The van der Waals surface area contributed by atoms with Crippen molar-refractivity contribution in [3.05, 3.63) is 71.6 Å². The van der Waals surface area contributed by atoms with Crippen LogP contribution < -0.4 is 0 Å². The first-order valence-electron chi connectivity index (χ1n) is 6.84. The van der Waals surface area contributed by atoms with Crippen molar-refractivity contribution in [1.82, 2.24) is 4.98 Å². The highest BCUT2D eigenvalue weighted by Crippen LogP contribution is 2.23. The highest BCUT2D eigenvalue weighted by atomic mass is 16.3. The van der Waals surface area contributed by atoms with Crippen LogP contribution in [-0.4, -0.2) is 4.98 Å². The maximum atomic E-state index is 5.88. The van der Waals surface area contributed by atoms with Crippen molar-refractivity contribution in [1.29, 1.82) is 0 Å². The van der Waals surface area contributed by atoms with Gasteiger partial charge in [-0.3, -0.25) is 0 Å². The summed E-state index contributed by atoms with van der Waals surface area (Å²) in [6.45, 7) is 2.08. The molecule has 2 aromatic carbocycles. The molecule has 0 atom stereocenters. The zero-order valence-electron chi connectivity index (χ0n) is 11.3. The Kier molecular flexibility index (Phi) is 2.43. The molecule has 2 nitrogen and oxygen atoms in total. The SMILES string of the molecule is Cc1cc2ccc(Cc3cc4ccccc4o3)cc2[nH]1. The molecule has 0 spiro atoms. The Morgan fingerprint density at radius 2 is 1.85 bits per heavy atom. The van der Waals surface area contributed by atoms with Crippen LogP contribution in [0.1, 0.15) is 17.0 Å². The normalized spacial score (nSPS) is 11.4. The third kappa shape index (κ3) is 1.90. The summed E-state index contributed by atoms with van der Waals surface area (Å²) in [5.74, 6) is 1.01. The van der Waals surface area contributed by atoms with E-state index in [9.17, 15) is 0 Å². The summed E-state index contributed by atoms with van der Waals surface area (Å²) < 4.78 is 5.88. The predicted octanol–water partition coefficient (Wildman–Crippen LogP) is 4.81. The van der Waals surface area contributed by atoms with E-state index in [2.05, 4.69) is 48.3 Å². The molecule has 0 aliphatic heterocycles. The number of hydrogen-bond donors (Lipinski definition) is 1. The van der Waals surface area contributed by atoms with Gasteiger partial charge in [0.15, 0.2) is 0 Å². The molecule has 0 aliphatic carbocycles. The van der Waals surface area contributed by atoms with Gasteiger partial charge >= 0.3 is 0 Å². The van der Waals surface area contributed by atoms with Gasteiger partial charge in [-0.2, -0.15) is 0 Å². The molecule has 4 aromatic rings. The van der Waals surface area contributed by atoms with Gasteiger partial charge in [-0.25, -0.2) is 0 Å². The number of H-pyrrole nitrogens is 1. The Morgan fingerprint density at radius 1 is 0.950 bits per heavy atom. The number of aromatic nitrogens is 1. The van der Waals surface area contributed by atoms with Crippen molar-refractivity contribution in [2.24, 2.45) is 0 Å². The molecule has 0 bridgehead atoms. The summed E-state index contributed by atoms with van der Waals surface area (Å²) in [6, 6.07) is 19.0. The van der Waals surface area contributed by atoms with Gasteiger partial charge < -0.3 is 9.40 Å². The molecule has 0 amide bonds. The summed E-state index contributed by atoms with van der Waals surface area (Å²) >= 11 is 0. The average molecular weight is 261 g/mol. The topological polar surface area (TPSA) is 28.9 Å². The van der Waals surface area contributed by atoms with Crippen LogP contribution in [-0.2, 0) is 6.42 Å². The number of hydrogen-bond acceptors (Lipinski definition) is 1. The highest BCUT2D eigenvalue weighted by Gasteiger charge is 2.05. The lowest BCUT2D eigenvalue weighted by Crippen LogP contribution is -1.85. The van der Waals surface area contributed by atoms with Crippen molar-refractivity contribution in [3.63, 3.8) is 0 Å². The van der Waals surface area contributed by atoms with Crippen molar-refractivity contribution >= 4 is 21.9 Å². The van der Waals surface area contributed by atoms with Crippen molar-refractivity contribution in [3.8, 4) is 0 Å². The van der Waals surface area contributed by atoms with E-state index < -0.39 is 0 Å². The third-order valence-corrected chi connectivity index (χ3v) is 3.68. The van der Waals surface area contributed by atoms with Crippen LogP contribution in [0, 0.1) is 6.92 Å². The van der Waals surface area contributed by atoms with Gasteiger partial charge in [0.25, 0.3) is 0 Å². The van der Waals surface area contributed by atoms with E-state index in [4.69, 9.17) is 4.42 Å². The summed E-state index contributed by atoms with van der Waals surface area (Å²) in [6.07, 6.45) is 0.822. The minimum Gasteiger partial charge on any atom is -0.461 e. The second-order valence-electron chi connectivity index (χ2n) is 5.30. The third-order valence-electron chi connectivity index (χ3n) is 3.68. The zero-order valence-corrected chi connectivity index (χ0v) is 11.3. The van der Waals surface area contributed by atoms with Crippen LogP contribution in [0.5, 0.6) is 0 Å². The Hall–Kier alpha value is -2.48. The lowest BCUT2D eigenvalue weighted by molar-refractivity contribution is 0.563. The summed E-state index contributed by atoms with van der Waals surface area (Å²) in [4.78, 5) is 3.38. The Balaban J connectivity index is 1.72. The van der Waals surface area contributed by atoms with Gasteiger partial charge in [0.05, 0.1) is 0 Å². The van der Waals surface area contributed by atoms with E-state index in [0.717, 1.165) is 17.8 Å². The number of fused-ring (bicyclic) bond motifs is 2. The van der Waals surface area contributed by atoms with E-state index in [1.807, 2.05) is 18.2 Å². The summed E-state index contributed by atoms with van der Waals surface area (Å²) in [7, 11) is 0. The van der Waals surface area contributed by atoms with Gasteiger partial charge in [-0.05, 0) is 42.1 Å². The van der Waals surface area contributed by atoms with Gasteiger partial charge in [-0.15, -0.1) is 0 Å². The van der Waals surface area contributed by atoms with Crippen LogP contribution in [0.15, 0.2) is 59.0 Å². The maximum Gasteiger partial charge on any atom is 0.134 e. The van der Waals surface area contributed by atoms with Gasteiger partial charge in [-0.1, -0.05) is 30.3 Å². The molecule has 0 unspecified atom stereocenters. The first-order valence-corrected chi connectivity index (χ1v) is 6.84. The fraction of sp³-hybridized carbons (Fsp3) is 0.111. The minimum absolute atomic E-state index is 0.822. The highest BCUT2D eigenvalue weighted by molar-refractivity contribution is 5.81. The van der Waals surface area contributed by atoms with Gasteiger partial charge in [0.2, 0.25) is 0 Å². The zero-order chi connectivity index (χ0) is 13.5. The molecule has 0 radical (unpaired) electrons. The molecule has 4 rings (SSSR count). The molecule has 20 heavy (non-hydrogen) atoms. The van der Waals surface area contributed by atoms with E-state index in [1.54, 1.807) is 0 Å². The number of nitrogens with one attached hydrogen (secondary N) is 1. The number of aryl methyl sites for hydroxylation is 1. The summed E-state index contributed by atoms with van der Waals surface area (Å²) in [5, 5.41) is 2.43. The Labute approximate surface area is 117 Å². The number of furan rings is 1. The molecule has 98 valence electrons. The number of para-hydroxylation sites is 1. The number of benzene rings is 2. The maximum absolute atomic E-state index is 5.88. The largest absolute Gasteiger partial charge is 0.461 e. The first kappa shape index (κ1) is 11.4. The molecule has 0 aliphatic rings. The van der Waals surface area contributed by atoms with E-state index in [1.165, 1.54) is 27.5 Å². The molecule has 0 fully saturated rings. The lowest BCUT2D eigenvalue weighted by Gasteiger charge is -1.98. The minimum atomic E-state index is 0.822. The quantitative estimate of drug-likeness (QED) is 0.551. The number of rotatable bonds is 2. The molecule has 2 heteroatoms. The molecule has 0 saturated heterocycles. The van der Waals surface area contributed by atoms with Crippen LogP contribution in [0.4, 0.5) is 0 Å². The van der Waals surface area contributed by atoms with E-state index in [-0.39, 0.29) is 0 Å². The summed E-state index contributed by atoms with van der Waals surface area (Å²) in [5.41, 5.74) is 4.61. The molecule has 2 aromatic heterocycles. The van der Waals surface area contributed by atoms with Crippen molar-refractivity contribution in [2.75, 3.05) is 0 Å². The van der Waals surface area contributed by atoms with Crippen LogP contribution in [0.3, 0.4) is 0 Å². The smallest absolute Gasteiger partial charge is 0.134 e. The van der Waals surface area contributed by atoms with Crippen LogP contribution in [0.25, 0.3) is 21.9 Å². The Bertz CT molecular complexity index is 865. The standard InChI is InChI=1S/C18H15NO/c1-12-8-14-7-6-13(10-17(14)19-12)9-16-11-15-4-2-3-5-18(15)20-16/h2-8,10-11,19H,9H2,1H3. The van der Waals surface area contributed by atoms with Crippen molar-refractivity contribution in [2.45, 2.75) is 13.3 Å². The second-order valence-corrected chi connectivity index (χ2v) is 5.30. The molecule has 0 saturated carbocycles. The molecule has 1 N–H and O–H groups in total. The molecule has 2 heterocycles. The first-order chi connectivity index (χ1) is 9.78. The monoisotopic (exact) mass is 261 g/mol. The predicted molar refractivity (Wildman–Crippen MR) is 82.1 cm³/mol. The second kappa shape index (κ2) is 4.27. The molecular formula is C18H15NO. The molecular weight excluding hydrogens is 246 g/mol. The number of aromatic amines is 1. The van der Waals surface area contributed by atoms with Crippen LogP contribution in [0.2, 0.25) is 0 Å². The fourth-order valence-corrected chi connectivity index (χ4v) is 2.75. The van der Waals surface area contributed by atoms with Crippen molar-refractivity contribution < 1.29 is 4.42 Å². The lowest BCUT2D eigenvalue weighted by atomic mass is 10.1. The fourth-order valence-electron chi connectivity index (χ4n) is 2.75. The van der Waals surface area contributed by atoms with Gasteiger partial charge in [0.1, 0.15) is 11.3 Å². The van der Waals surface area contributed by atoms with Gasteiger partial charge in [0, 0.05) is 23.0 Å². The Morgan fingerprint density at radius 3 is 2.75 bits per heavy atom. The van der Waals surface area contributed by atoms with E-state index >= 15 is 0 Å².